The van der Waals surface area contributed by atoms with Crippen LogP contribution in [0.15, 0.2) is 28.8 Å². The summed E-state index contributed by atoms with van der Waals surface area (Å²) in [7, 11) is 0. The molecule has 0 aliphatic carbocycles. The third-order valence-electron chi connectivity index (χ3n) is 6.06. The molecule has 1 saturated heterocycles. The zero-order valence-corrected chi connectivity index (χ0v) is 18.4. The van der Waals surface area contributed by atoms with Gasteiger partial charge in [-0.25, -0.2) is 4.39 Å². The van der Waals surface area contributed by atoms with Gasteiger partial charge in [0.2, 0.25) is 11.6 Å². The zero-order chi connectivity index (χ0) is 23.5. The van der Waals surface area contributed by atoms with Crippen LogP contribution in [-0.4, -0.2) is 55.3 Å². The van der Waals surface area contributed by atoms with E-state index in [4.69, 9.17) is 9.63 Å². The number of carbonyl (C=O) groups excluding carboxylic acids is 1. The molecule has 4 rings (SSSR count). The van der Waals surface area contributed by atoms with Crippen LogP contribution >= 0.6 is 0 Å². The van der Waals surface area contributed by atoms with Gasteiger partial charge in [-0.2, -0.15) is 4.80 Å². The maximum absolute atomic E-state index is 13.9. The molecule has 1 N–H and O–H groups in total. The molecule has 3 heterocycles. The number of halogens is 1. The van der Waals surface area contributed by atoms with Crippen molar-refractivity contribution in [2.45, 2.75) is 45.6 Å². The first-order valence-corrected chi connectivity index (χ1v) is 10.9. The number of tetrazole rings is 1. The van der Waals surface area contributed by atoms with Gasteiger partial charge >= 0.3 is 5.97 Å². The second-order valence-corrected chi connectivity index (χ2v) is 8.25. The van der Waals surface area contributed by atoms with Gasteiger partial charge in [0.05, 0.1) is 0 Å². The van der Waals surface area contributed by atoms with E-state index in [1.807, 2.05) is 11.8 Å². The fourth-order valence-electron chi connectivity index (χ4n) is 4.03. The highest BCUT2D eigenvalue weighted by molar-refractivity contribution is 5.99. The summed E-state index contributed by atoms with van der Waals surface area (Å²) in [5.41, 5.74) is 1.39. The Morgan fingerprint density at radius 1 is 1.27 bits per heavy atom. The minimum atomic E-state index is -1.08. The van der Waals surface area contributed by atoms with Crippen molar-refractivity contribution in [3.8, 4) is 11.6 Å². The number of anilines is 1. The Balaban J connectivity index is 1.42. The molecule has 10 nitrogen and oxygen atoms in total. The normalized spacial score (nSPS) is 15.5. The summed E-state index contributed by atoms with van der Waals surface area (Å²) in [5, 5.41) is 24.3. The molecule has 1 atom stereocenters. The van der Waals surface area contributed by atoms with Gasteiger partial charge in [0, 0.05) is 30.6 Å². The van der Waals surface area contributed by atoms with Gasteiger partial charge in [-0.05, 0) is 48.1 Å². The molecular formula is C22H25FN6O4. The number of aliphatic carboxylic acids is 1. The zero-order valence-electron chi connectivity index (χ0n) is 18.4. The Kier molecular flexibility index (Phi) is 6.47. The molecule has 11 heteroatoms. The molecular weight excluding hydrogens is 431 g/mol. The molecule has 1 aromatic carbocycles. The lowest BCUT2D eigenvalue weighted by molar-refractivity contribution is -0.138. The van der Waals surface area contributed by atoms with Crippen LogP contribution in [0.1, 0.15) is 54.9 Å². The van der Waals surface area contributed by atoms with Gasteiger partial charge in [-0.1, -0.05) is 25.1 Å². The molecule has 0 spiro atoms. The van der Waals surface area contributed by atoms with E-state index in [-0.39, 0.29) is 29.2 Å². The second kappa shape index (κ2) is 9.47. The highest BCUT2D eigenvalue weighted by Crippen LogP contribution is 2.31. The largest absolute Gasteiger partial charge is 0.480 e. The lowest BCUT2D eigenvalue weighted by atomic mass is 9.84. The van der Waals surface area contributed by atoms with Crippen molar-refractivity contribution in [3.63, 3.8) is 0 Å². The number of carboxylic acid groups (broad SMARTS) is 1. The molecule has 0 saturated carbocycles. The summed E-state index contributed by atoms with van der Waals surface area (Å²) in [6.07, 6.45) is 2.10. The molecule has 2 aromatic heterocycles. The van der Waals surface area contributed by atoms with Crippen LogP contribution in [0.4, 0.5) is 10.2 Å². The number of hydrogen-bond acceptors (Lipinski definition) is 8. The molecule has 1 aliphatic rings. The number of piperidine rings is 1. The van der Waals surface area contributed by atoms with Gasteiger partial charge in [-0.15, -0.1) is 10.2 Å². The van der Waals surface area contributed by atoms with E-state index in [9.17, 15) is 14.0 Å². The SMILES string of the molecule is CCC(C)c1ccc(F)cc1C(=O)C1CCN(c2cc(-c3nnn(CC(=O)O)n3)on2)CC1. The van der Waals surface area contributed by atoms with Crippen LogP contribution in [0.2, 0.25) is 0 Å². The number of nitrogens with zero attached hydrogens (tertiary/aromatic N) is 6. The van der Waals surface area contributed by atoms with Gasteiger partial charge in [0.1, 0.15) is 5.82 Å². The standard InChI is InChI=1S/C22H25FN6O4/c1-3-13(2)16-5-4-15(23)10-17(16)21(32)14-6-8-28(9-7-14)19-11-18(33-26-19)22-24-27-29(25-22)12-20(30)31/h4-5,10-11,13-14H,3,6-9,12H2,1-2H3,(H,30,31). The van der Waals surface area contributed by atoms with Crippen molar-refractivity contribution in [3.05, 3.63) is 41.2 Å². The summed E-state index contributed by atoms with van der Waals surface area (Å²) < 4.78 is 19.2. The number of ketones is 1. The number of carboxylic acids is 1. The van der Waals surface area contributed by atoms with E-state index in [0.717, 1.165) is 16.8 Å². The fourth-order valence-corrected chi connectivity index (χ4v) is 4.03. The van der Waals surface area contributed by atoms with Crippen molar-refractivity contribution in [1.29, 1.82) is 0 Å². The molecule has 174 valence electrons. The summed E-state index contributed by atoms with van der Waals surface area (Å²) >= 11 is 0. The summed E-state index contributed by atoms with van der Waals surface area (Å²) in [6.45, 7) is 4.88. The van der Waals surface area contributed by atoms with Crippen molar-refractivity contribution in [2.75, 3.05) is 18.0 Å². The molecule has 1 fully saturated rings. The molecule has 33 heavy (non-hydrogen) atoms. The van der Waals surface area contributed by atoms with Gasteiger partial charge in [0.25, 0.3) is 0 Å². The van der Waals surface area contributed by atoms with Crippen LogP contribution in [0.3, 0.4) is 0 Å². The molecule has 0 bridgehead atoms. The maximum Gasteiger partial charge on any atom is 0.327 e. The summed E-state index contributed by atoms with van der Waals surface area (Å²) in [5.74, 6) is -0.492. The van der Waals surface area contributed by atoms with E-state index < -0.39 is 18.3 Å². The third-order valence-corrected chi connectivity index (χ3v) is 6.06. The molecule has 1 aliphatic heterocycles. The average molecular weight is 456 g/mol. The van der Waals surface area contributed by atoms with Gasteiger partial charge < -0.3 is 14.5 Å². The first-order chi connectivity index (χ1) is 15.9. The predicted octanol–water partition coefficient (Wildman–Crippen LogP) is 3.16. The Hall–Kier alpha value is -3.63. The molecule has 0 amide bonds. The number of rotatable bonds is 8. The van der Waals surface area contributed by atoms with Crippen molar-refractivity contribution >= 4 is 17.6 Å². The lowest BCUT2D eigenvalue weighted by Crippen LogP contribution is -2.36. The quantitative estimate of drug-likeness (QED) is 0.508. The van der Waals surface area contributed by atoms with Crippen molar-refractivity contribution < 1.29 is 23.6 Å². The number of hydrogen-bond donors (Lipinski definition) is 1. The van der Waals surface area contributed by atoms with Crippen molar-refractivity contribution in [1.82, 2.24) is 25.4 Å². The predicted molar refractivity (Wildman–Crippen MR) is 115 cm³/mol. The third kappa shape index (κ3) is 4.91. The number of carbonyl (C=O) groups is 2. The van der Waals surface area contributed by atoms with E-state index in [0.29, 0.717) is 37.3 Å². The average Bonchev–Trinajstić information content (AvgIpc) is 3.47. The van der Waals surface area contributed by atoms with Gasteiger partial charge in [0.15, 0.2) is 18.1 Å². The monoisotopic (exact) mass is 456 g/mol. The minimum Gasteiger partial charge on any atom is -0.480 e. The molecule has 1 unspecified atom stereocenters. The fraction of sp³-hybridized carbons (Fsp3) is 0.455. The summed E-state index contributed by atoms with van der Waals surface area (Å²) in [4.78, 5) is 26.9. The topological polar surface area (TPSA) is 127 Å². The number of benzene rings is 1. The highest BCUT2D eigenvalue weighted by atomic mass is 19.1. The second-order valence-electron chi connectivity index (χ2n) is 8.25. The van der Waals surface area contributed by atoms with E-state index in [1.54, 1.807) is 12.1 Å². The van der Waals surface area contributed by atoms with Crippen LogP contribution < -0.4 is 4.90 Å². The van der Waals surface area contributed by atoms with Crippen LogP contribution in [-0.2, 0) is 11.3 Å². The lowest BCUT2D eigenvalue weighted by Gasteiger charge is -2.31. The first kappa shape index (κ1) is 22.6. The Morgan fingerprint density at radius 2 is 2.03 bits per heavy atom. The number of Topliss-reactive ketones (excluding diaryl/α,β-unsaturated/α-hetero) is 1. The molecule has 3 aromatic rings. The smallest absolute Gasteiger partial charge is 0.327 e. The number of aromatic nitrogens is 5. The van der Waals surface area contributed by atoms with Crippen molar-refractivity contribution in [2.24, 2.45) is 5.92 Å². The first-order valence-electron chi connectivity index (χ1n) is 10.9. The molecule has 0 radical (unpaired) electrons. The van der Waals surface area contributed by atoms with E-state index in [2.05, 4.69) is 27.5 Å². The Morgan fingerprint density at radius 3 is 2.73 bits per heavy atom. The minimum absolute atomic E-state index is 0.00969. The maximum atomic E-state index is 13.9. The Labute approximate surface area is 189 Å². The van der Waals surface area contributed by atoms with Crippen LogP contribution in [0.5, 0.6) is 0 Å². The Bertz CT molecular complexity index is 1150. The van der Waals surface area contributed by atoms with Crippen LogP contribution in [0.25, 0.3) is 11.6 Å². The van der Waals surface area contributed by atoms with E-state index >= 15 is 0 Å². The summed E-state index contributed by atoms with van der Waals surface area (Å²) in [6, 6.07) is 6.17. The van der Waals surface area contributed by atoms with Gasteiger partial charge in [-0.3, -0.25) is 9.59 Å². The van der Waals surface area contributed by atoms with E-state index in [1.165, 1.54) is 12.1 Å². The van der Waals surface area contributed by atoms with Crippen LogP contribution in [0, 0.1) is 11.7 Å². The highest BCUT2D eigenvalue weighted by Gasteiger charge is 2.29.